The van der Waals surface area contributed by atoms with Crippen molar-refractivity contribution in [1.82, 2.24) is 24.3 Å². The molecule has 0 bridgehead atoms. The molecule has 0 atom stereocenters. The molecule has 1 aromatic rings. The van der Waals surface area contributed by atoms with Gasteiger partial charge in [0.2, 0.25) is 0 Å². The summed E-state index contributed by atoms with van der Waals surface area (Å²) >= 11 is 3.63. The molecule has 0 aromatic carbocycles. The maximum atomic E-state index is 13.3. The Morgan fingerprint density at radius 3 is 0.961 bits per heavy atom. The number of thioether (sulfide) groups is 2. The Bertz CT molecular complexity index is 1970. The number of hydrogen-bond donors (Lipinski definition) is 2. The van der Waals surface area contributed by atoms with Crippen molar-refractivity contribution in [3.8, 4) is 0 Å². The van der Waals surface area contributed by atoms with Gasteiger partial charge in [0.25, 0.3) is 0 Å². The van der Waals surface area contributed by atoms with Gasteiger partial charge in [0.05, 0.1) is 13.2 Å². The van der Waals surface area contributed by atoms with Crippen LogP contribution in [0, 0.1) is 0 Å². The lowest BCUT2D eigenvalue weighted by Gasteiger charge is -2.29. The monoisotopic (exact) mass is 1120 g/mol. The molecule has 436 valence electrons. The first-order chi connectivity index (χ1) is 37.0. The van der Waals surface area contributed by atoms with E-state index in [0.29, 0.717) is 25.7 Å². The van der Waals surface area contributed by atoms with Crippen molar-refractivity contribution in [2.24, 2.45) is 0 Å². The van der Waals surface area contributed by atoms with E-state index in [2.05, 4.69) is 36.9 Å². The minimum Gasteiger partial charge on any atom is -0.460 e. The molecule has 20 nitrogen and oxygen atoms in total. The van der Waals surface area contributed by atoms with Gasteiger partial charge in [-0.3, -0.25) is 0 Å². The van der Waals surface area contributed by atoms with E-state index in [4.69, 9.17) is 28.4 Å². The number of carbonyl (C=O) groups is 6. The van der Waals surface area contributed by atoms with Crippen LogP contribution < -0.4 is 27.7 Å². The zero-order valence-corrected chi connectivity index (χ0v) is 47.9. The van der Waals surface area contributed by atoms with Crippen molar-refractivity contribution < 1.29 is 57.2 Å². The summed E-state index contributed by atoms with van der Waals surface area (Å²) in [5.41, 5.74) is -4.02. The van der Waals surface area contributed by atoms with Gasteiger partial charge in [-0.1, -0.05) is 116 Å². The molecule has 22 heteroatoms. The molecule has 1 heterocycles. The molecule has 1 aromatic heterocycles. The first-order valence-electron chi connectivity index (χ1n) is 27.1. The van der Waals surface area contributed by atoms with E-state index in [-0.39, 0.29) is 59.3 Å². The predicted molar refractivity (Wildman–Crippen MR) is 302 cm³/mol. The van der Waals surface area contributed by atoms with E-state index in [1.165, 1.54) is 9.13 Å². The smallest absolute Gasteiger partial charge is 0.407 e. The van der Waals surface area contributed by atoms with Crippen molar-refractivity contribution in [2.45, 2.75) is 180 Å². The average molecular weight is 1120 g/mol. The molecular formula is C55H89N5O15S2. The van der Waals surface area contributed by atoms with Crippen LogP contribution in [-0.2, 0) is 67.2 Å². The summed E-state index contributed by atoms with van der Waals surface area (Å²) < 4.78 is 34.4. The van der Waals surface area contributed by atoms with Gasteiger partial charge in [0.15, 0.2) is 0 Å². The molecule has 0 aliphatic heterocycles. The molecule has 0 saturated heterocycles. The first kappa shape index (κ1) is 69.5. The van der Waals surface area contributed by atoms with E-state index in [1.807, 2.05) is 23.5 Å². The van der Waals surface area contributed by atoms with Gasteiger partial charge in [0, 0.05) is 43.9 Å². The molecule has 0 spiro atoms. The normalized spacial score (nSPS) is 11.2. The highest BCUT2D eigenvalue weighted by molar-refractivity contribution is 7.99. The first-order valence-corrected chi connectivity index (χ1v) is 29.5. The van der Waals surface area contributed by atoms with Gasteiger partial charge < -0.3 is 39.1 Å². The maximum Gasteiger partial charge on any atom is 0.407 e. The van der Waals surface area contributed by atoms with Gasteiger partial charge in [-0.25, -0.2) is 56.9 Å². The lowest BCUT2D eigenvalue weighted by atomic mass is 10.1. The molecule has 0 fully saturated rings. The summed E-state index contributed by atoms with van der Waals surface area (Å²) in [6.45, 7) is 18.5. The lowest BCUT2D eigenvalue weighted by molar-refractivity contribution is -0.146. The minimum absolute atomic E-state index is 0.200. The van der Waals surface area contributed by atoms with Gasteiger partial charge in [0.1, 0.15) is 37.5 Å². The predicted octanol–water partition coefficient (Wildman–Crippen LogP) is 8.35. The highest BCUT2D eigenvalue weighted by Crippen LogP contribution is 2.16. The Labute approximate surface area is 463 Å². The maximum absolute atomic E-state index is 13.3. The Morgan fingerprint density at radius 1 is 0.416 bits per heavy atom. The van der Waals surface area contributed by atoms with E-state index < -0.39 is 64.2 Å². The molecule has 1 rings (SSSR count). The van der Waals surface area contributed by atoms with E-state index >= 15 is 0 Å². The Kier molecular flexibility index (Phi) is 38.4. The van der Waals surface area contributed by atoms with Crippen LogP contribution in [0.2, 0.25) is 0 Å². The third kappa shape index (κ3) is 32.7. The second kappa shape index (κ2) is 42.5. The number of nitrogens with one attached hydrogen (secondary N) is 2. The molecule has 0 radical (unpaired) electrons. The van der Waals surface area contributed by atoms with Crippen molar-refractivity contribution in [2.75, 3.05) is 62.7 Å². The highest BCUT2D eigenvalue weighted by Gasteiger charge is 2.32. The van der Waals surface area contributed by atoms with Crippen molar-refractivity contribution >= 4 is 59.6 Å². The number of amides is 2. The summed E-state index contributed by atoms with van der Waals surface area (Å²) in [6.07, 6.45) is 22.7. The van der Waals surface area contributed by atoms with Crippen LogP contribution in [0.1, 0.15) is 149 Å². The molecule has 0 aliphatic rings. The Balaban J connectivity index is 2.19. The third-order valence-corrected chi connectivity index (χ3v) is 14.3. The second-order valence-electron chi connectivity index (χ2n) is 19.1. The summed E-state index contributed by atoms with van der Waals surface area (Å²) in [5.74, 6) is 0.938. The Hall–Kier alpha value is -5.51. The fraction of sp³-hybridized carbons (Fsp3) is 0.691. The number of aromatic nitrogens is 3. The fourth-order valence-corrected chi connectivity index (χ4v) is 9.45. The quantitative estimate of drug-likeness (QED) is 0.0269. The highest BCUT2D eigenvalue weighted by atomic mass is 32.2. The van der Waals surface area contributed by atoms with Crippen molar-refractivity contribution in [3.63, 3.8) is 0 Å². The van der Waals surface area contributed by atoms with Crippen molar-refractivity contribution in [1.29, 1.82) is 0 Å². The van der Waals surface area contributed by atoms with Gasteiger partial charge in [-0.15, -0.1) is 0 Å². The average Bonchev–Trinajstić information content (AvgIpc) is 3.41. The molecule has 77 heavy (non-hydrogen) atoms. The number of carbonyl (C=O) groups excluding carboxylic acids is 6. The molecule has 2 N–H and O–H groups in total. The number of alkyl carbamates (subject to hydrolysis) is 2. The summed E-state index contributed by atoms with van der Waals surface area (Å²) in [7, 11) is 0. The van der Waals surface area contributed by atoms with Crippen LogP contribution in [0.15, 0.2) is 65.0 Å². The van der Waals surface area contributed by atoms with E-state index in [1.54, 1.807) is 20.8 Å². The zero-order valence-electron chi connectivity index (χ0n) is 46.3. The summed E-state index contributed by atoms with van der Waals surface area (Å²) in [6, 6.07) is 0. The van der Waals surface area contributed by atoms with Crippen LogP contribution in [0.25, 0.3) is 0 Å². The van der Waals surface area contributed by atoms with Crippen LogP contribution in [0.3, 0.4) is 0 Å². The number of unbranched alkanes of at least 4 members (excludes halogenated alkanes) is 16. The topological polar surface area (TPSA) is 248 Å². The van der Waals surface area contributed by atoms with Crippen molar-refractivity contribution in [3.05, 3.63) is 82.1 Å². The largest absolute Gasteiger partial charge is 0.460 e. The second-order valence-corrected chi connectivity index (χ2v) is 21.5. The van der Waals surface area contributed by atoms with Crippen LogP contribution >= 0.6 is 23.5 Å². The molecule has 0 aliphatic carbocycles. The SMILES string of the molecule is C=CC(=O)OCC(C)(COC(=O)C=C)NC(=O)OCCCCCCCCCCCSCCCn1c(=O)n(CC)c(=O)n(CCCSCCCCCCCCCCCOC(=O)NC(C)(COC(=O)C=C)COC(=O)C=C)c1=O. The van der Waals surface area contributed by atoms with E-state index in [0.717, 1.165) is 155 Å². The van der Waals surface area contributed by atoms with Gasteiger partial charge in [-0.05, 0) is 82.3 Å². The standard InChI is InChI=1S/C55H89N5O15S2/c1-8-45(61)72-41-54(6,42-73-46(62)9-2)56-49(65)70-35-27-23-19-15-13-17-21-25-29-37-76-39-31-33-59-51(67)58(12-5)52(68)60(53(59)69)34-32-40-77-38-30-26-22-18-14-16-20-24-28-36-71-50(66)57-55(7,43-74-47(63)10-3)44-75-48(64)11-4/h8-11H,1-4,12-44H2,5-7H3,(H,56,65)(H,57,66). The lowest BCUT2D eigenvalue weighted by Crippen LogP contribution is -2.54. The van der Waals surface area contributed by atoms with E-state index in [9.17, 15) is 43.2 Å². The summed E-state index contributed by atoms with van der Waals surface area (Å²) in [5, 5.41) is 5.22. The number of nitrogens with zero attached hydrogens (tertiary/aromatic N) is 3. The van der Waals surface area contributed by atoms with Crippen LogP contribution in [-0.4, -0.2) is 123 Å². The minimum atomic E-state index is -1.20. The molecule has 2 amide bonds. The third-order valence-electron chi connectivity index (χ3n) is 12.0. The number of rotatable bonds is 47. The zero-order chi connectivity index (χ0) is 57.2. The van der Waals surface area contributed by atoms with Crippen LogP contribution in [0.4, 0.5) is 9.59 Å². The van der Waals surface area contributed by atoms with Gasteiger partial charge >= 0.3 is 53.1 Å². The fourth-order valence-electron chi connectivity index (χ4n) is 7.56. The van der Waals surface area contributed by atoms with Crippen LogP contribution in [0.5, 0.6) is 0 Å². The molecule has 0 unspecified atom stereocenters. The number of ether oxygens (including phenoxy) is 6. The number of esters is 4. The molecule has 0 saturated carbocycles. The molecular weight excluding hydrogens is 1030 g/mol. The van der Waals surface area contributed by atoms with Gasteiger partial charge in [-0.2, -0.15) is 23.5 Å². The Morgan fingerprint density at radius 2 is 0.675 bits per heavy atom. The number of hydrogen-bond acceptors (Lipinski definition) is 17. The summed E-state index contributed by atoms with van der Waals surface area (Å²) in [4.78, 5) is 110.